The summed E-state index contributed by atoms with van der Waals surface area (Å²) in [7, 11) is 0. The van der Waals surface area contributed by atoms with E-state index in [2.05, 4.69) is 4.98 Å². The Bertz CT molecular complexity index is 484. The van der Waals surface area contributed by atoms with Crippen LogP contribution >= 0.6 is 23.1 Å². The van der Waals surface area contributed by atoms with Crippen LogP contribution in [0.25, 0.3) is 0 Å². The van der Waals surface area contributed by atoms with Gasteiger partial charge in [0.2, 0.25) is 11.8 Å². The van der Waals surface area contributed by atoms with Crippen LogP contribution in [0.15, 0.2) is 5.38 Å². The van der Waals surface area contributed by atoms with Gasteiger partial charge in [0, 0.05) is 18.3 Å². The summed E-state index contributed by atoms with van der Waals surface area (Å²) in [5.74, 6) is -0.801. The van der Waals surface area contributed by atoms with Crippen molar-refractivity contribution >= 4 is 40.9 Å². The lowest BCUT2D eigenvalue weighted by Crippen LogP contribution is -2.43. The summed E-state index contributed by atoms with van der Waals surface area (Å²) in [6.45, 7) is 0.269. The summed E-state index contributed by atoms with van der Waals surface area (Å²) < 4.78 is 0. The number of carboxylic acid groups (broad SMARTS) is 1. The highest BCUT2D eigenvalue weighted by molar-refractivity contribution is 8.00. The van der Waals surface area contributed by atoms with Crippen molar-refractivity contribution < 1.29 is 19.5 Å². The Hall–Kier alpha value is -1.41. The summed E-state index contributed by atoms with van der Waals surface area (Å²) >= 11 is 2.54. The number of amides is 2. The molecule has 0 aliphatic carbocycles. The van der Waals surface area contributed by atoms with Gasteiger partial charge in [-0.2, -0.15) is 0 Å². The number of aromatic carboxylic acids is 1. The molecule has 2 rings (SSSR count). The average Bonchev–Trinajstić information content (AvgIpc) is 2.77. The number of rotatable bonds is 4. The molecule has 1 aromatic heterocycles. The molecule has 0 bridgehead atoms. The van der Waals surface area contributed by atoms with E-state index in [4.69, 9.17) is 5.11 Å². The largest absolute Gasteiger partial charge is 0.476 e. The maximum atomic E-state index is 11.5. The molecular weight excluding hydrogens is 276 g/mol. The summed E-state index contributed by atoms with van der Waals surface area (Å²) in [5, 5.41) is 10.8. The Morgan fingerprint density at radius 1 is 1.39 bits per heavy atom. The third-order valence-electron chi connectivity index (χ3n) is 2.37. The second kappa shape index (κ2) is 5.49. The van der Waals surface area contributed by atoms with Crippen molar-refractivity contribution in [1.82, 2.24) is 9.88 Å². The Labute approximate surface area is 111 Å². The molecule has 1 aliphatic heterocycles. The predicted molar refractivity (Wildman–Crippen MR) is 66.8 cm³/mol. The average molecular weight is 286 g/mol. The third kappa shape index (κ3) is 2.88. The van der Waals surface area contributed by atoms with E-state index >= 15 is 0 Å². The second-order valence-corrected chi connectivity index (χ2v) is 5.54. The van der Waals surface area contributed by atoms with Gasteiger partial charge in [-0.05, 0) is 0 Å². The molecule has 1 fully saturated rings. The summed E-state index contributed by atoms with van der Waals surface area (Å²) in [6, 6.07) is 0. The smallest absolute Gasteiger partial charge is 0.355 e. The van der Waals surface area contributed by atoms with Crippen LogP contribution in [0.2, 0.25) is 0 Å². The molecule has 0 saturated carbocycles. The molecule has 6 nitrogen and oxygen atoms in total. The summed E-state index contributed by atoms with van der Waals surface area (Å²) in [4.78, 5) is 38.8. The number of hydrogen-bond acceptors (Lipinski definition) is 6. The highest BCUT2D eigenvalue weighted by Gasteiger charge is 2.26. The number of carbonyl (C=O) groups is 3. The van der Waals surface area contributed by atoms with E-state index in [-0.39, 0.29) is 24.1 Å². The van der Waals surface area contributed by atoms with Crippen molar-refractivity contribution in [2.24, 2.45) is 0 Å². The van der Waals surface area contributed by atoms with Crippen LogP contribution < -0.4 is 0 Å². The number of carboxylic acids is 1. The summed E-state index contributed by atoms with van der Waals surface area (Å²) in [6.07, 6.45) is 0.403. The van der Waals surface area contributed by atoms with Gasteiger partial charge in [-0.3, -0.25) is 14.5 Å². The maximum Gasteiger partial charge on any atom is 0.355 e. The monoisotopic (exact) mass is 286 g/mol. The van der Waals surface area contributed by atoms with Gasteiger partial charge in [0.1, 0.15) is 0 Å². The maximum absolute atomic E-state index is 11.5. The van der Waals surface area contributed by atoms with Gasteiger partial charge < -0.3 is 5.11 Å². The van der Waals surface area contributed by atoms with Crippen molar-refractivity contribution in [2.45, 2.75) is 6.42 Å². The van der Waals surface area contributed by atoms with E-state index in [1.807, 2.05) is 0 Å². The normalized spacial score (nSPS) is 16.1. The lowest BCUT2D eigenvalue weighted by Gasteiger charge is -2.23. The SMILES string of the molecule is O=C(O)c1csc(CCN2C(=O)CSCC2=O)n1. The van der Waals surface area contributed by atoms with Gasteiger partial charge in [-0.1, -0.05) is 0 Å². The molecule has 0 spiro atoms. The van der Waals surface area contributed by atoms with E-state index in [0.717, 1.165) is 0 Å². The fourth-order valence-corrected chi connectivity index (χ4v) is 3.03. The first-order chi connectivity index (χ1) is 8.58. The number of hydrogen-bond donors (Lipinski definition) is 1. The molecule has 1 saturated heterocycles. The van der Waals surface area contributed by atoms with Crippen LogP contribution in [-0.4, -0.2) is 50.8 Å². The van der Waals surface area contributed by atoms with Crippen molar-refractivity contribution in [3.63, 3.8) is 0 Å². The molecule has 2 amide bonds. The zero-order valence-corrected chi connectivity index (χ0v) is 10.9. The lowest BCUT2D eigenvalue weighted by atomic mass is 10.3. The minimum Gasteiger partial charge on any atom is -0.476 e. The number of thiazole rings is 1. The molecule has 2 heterocycles. The molecule has 1 aromatic rings. The summed E-state index contributed by atoms with van der Waals surface area (Å²) in [5.41, 5.74) is 0.00172. The van der Waals surface area contributed by atoms with E-state index in [1.165, 1.54) is 33.4 Å². The first-order valence-corrected chi connectivity index (χ1v) is 7.20. The Balaban J connectivity index is 1.95. The zero-order chi connectivity index (χ0) is 13.1. The van der Waals surface area contributed by atoms with Gasteiger partial charge in [-0.25, -0.2) is 9.78 Å². The van der Waals surface area contributed by atoms with E-state index in [9.17, 15) is 14.4 Å². The van der Waals surface area contributed by atoms with Gasteiger partial charge in [0.25, 0.3) is 0 Å². The molecule has 0 aromatic carbocycles. The molecule has 1 aliphatic rings. The van der Waals surface area contributed by atoms with E-state index in [0.29, 0.717) is 22.9 Å². The van der Waals surface area contributed by atoms with Crippen LogP contribution in [0.3, 0.4) is 0 Å². The van der Waals surface area contributed by atoms with E-state index in [1.54, 1.807) is 0 Å². The topological polar surface area (TPSA) is 87.6 Å². The molecule has 0 radical (unpaired) electrons. The molecule has 96 valence electrons. The van der Waals surface area contributed by atoms with Crippen molar-refractivity contribution in [3.05, 3.63) is 16.1 Å². The molecule has 0 unspecified atom stereocenters. The Morgan fingerprint density at radius 3 is 2.61 bits per heavy atom. The quantitative estimate of drug-likeness (QED) is 0.810. The first-order valence-electron chi connectivity index (χ1n) is 5.16. The number of aromatic nitrogens is 1. The first kappa shape index (κ1) is 13.0. The van der Waals surface area contributed by atoms with Gasteiger partial charge in [0.05, 0.1) is 16.5 Å². The highest BCUT2D eigenvalue weighted by atomic mass is 32.2. The second-order valence-electron chi connectivity index (χ2n) is 3.61. The van der Waals surface area contributed by atoms with Crippen LogP contribution in [0.4, 0.5) is 0 Å². The number of nitrogens with zero attached hydrogens (tertiary/aromatic N) is 2. The fraction of sp³-hybridized carbons (Fsp3) is 0.400. The van der Waals surface area contributed by atoms with Crippen molar-refractivity contribution in [1.29, 1.82) is 0 Å². The Kier molecular flexibility index (Phi) is 3.97. The van der Waals surface area contributed by atoms with Crippen molar-refractivity contribution in [3.8, 4) is 0 Å². The molecular formula is C10H10N2O4S2. The standard InChI is InChI=1S/C10H10N2O4S2/c13-8-4-17-5-9(14)12(8)2-1-7-11-6(3-18-7)10(15)16/h3H,1-2,4-5H2,(H,15,16). The predicted octanol–water partition coefficient (Wildman–Crippen LogP) is 0.486. The van der Waals surface area contributed by atoms with Crippen LogP contribution in [0.1, 0.15) is 15.5 Å². The fourth-order valence-electron chi connectivity index (χ4n) is 1.50. The van der Waals surface area contributed by atoms with Crippen molar-refractivity contribution in [2.75, 3.05) is 18.1 Å². The van der Waals surface area contributed by atoms with Crippen LogP contribution in [-0.2, 0) is 16.0 Å². The van der Waals surface area contributed by atoms with Crippen LogP contribution in [0.5, 0.6) is 0 Å². The zero-order valence-electron chi connectivity index (χ0n) is 9.29. The van der Waals surface area contributed by atoms with Gasteiger partial charge in [0.15, 0.2) is 5.69 Å². The number of carbonyl (C=O) groups excluding carboxylic acids is 2. The number of thioether (sulfide) groups is 1. The third-order valence-corrected chi connectivity index (χ3v) is 4.18. The Morgan fingerprint density at radius 2 is 2.06 bits per heavy atom. The minimum atomic E-state index is -1.07. The molecule has 1 N–H and O–H groups in total. The number of imide groups is 1. The van der Waals surface area contributed by atoms with Gasteiger partial charge >= 0.3 is 5.97 Å². The lowest BCUT2D eigenvalue weighted by molar-refractivity contribution is -0.142. The minimum absolute atomic E-state index is 0.00172. The highest BCUT2D eigenvalue weighted by Crippen LogP contribution is 2.15. The van der Waals surface area contributed by atoms with Crippen LogP contribution in [0, 0.1) is 0 Å². The molecule has 8 heteroatoms. The molecule has 0 atom stereocenters. The van der Waals surface area contributed by atoms with E-state index < -0.39 is 5.97 Å². The molecule has 18 heavy (non-hydrogen) atoms. The van der Waals surface area contributed by atoms with Gasteiger partial charge in [-0.15, -0.1) is 23.1 Å².